The van der Waals surface area contributed by atoms with Crippen LogP contribution >= 0.6 is 22.7 Å². The summed E-state index contributed by atoms with van der Waals surface area (Å²) in [6.07, 6.45) is 6.90. The maximum atomic E-state index is 2.45. The molecule has 53 heavy (non-hydrogen) atoms. The molecule has 0 aliphatic rings. The Morgan fingerprint density at radius 2 is 0.981 bits per heavy atom. The van der Waals surface area contributed by atoms with E-state index in [0.717, 1.165) is 0 Å². The maximum absolute atomic E-state index is 2.45. The van der Waals surface area contributed by atoms with Gasteiger partial charge in [-0.1, -0.05) is 152 Å². The molecule has 0 fully saturated rings. The highest BCUT2D eigenvalue weighted by Crippen LogP contribution is 2.45. The maximum Gasteiger partial charge on any atom is 0.0433 e. The molecule has 0 radical (unpaired) electrons. The van der Waals surface area contributed by atoms with Gasteiger partial charge in [-0.25, -0.2) is 0 Å². The quantitative estimate of drug-likeness (QED) is 0.126. The van der Waals surface area contributed by atoms with Gasteiger partial charge in [0.1, 0.15) is 0 Å². The average molecular weight is 709 g/mol. The molecule has 2 aromatic heterocycles. The van der Waals surface area contributed by atoms with Crippen molar-refractivity contribution < 1.29 is 0 Å². The second kappa shape index (κ2) is 12.0. The number of thiophene rings is 2. The first-order chi connectivity index (χ1) is 26.2. The van der Waals surface area contributed by atoms with Crippen LogP contribution in [0.3, 0.4) is 0 Å². The van der Waals surface area contributed by atoms with Crippen LogP contribution < -0.4 is 0 Å². The molecule has 11 aromatic rings. The van der Waals surface area contributed by atoms with E-state index in [1.807, 2.05) is 22.7 Å². The first-order valence-corrected chi connectivity index (χ1v) is 19.8. The monoisotopic (exact) mass is 708 g/mol. The van der Waals surface area contributed by atoms with Crippen molar-refractivity contribution in [1.29, 1.82) is 0 Å². The Bertz CT molecular complexity index is 3350. The molecule has 0 aliphatic heterocycles. The summed E-state index contributed by atoms with van der Waals surface area (Å²) in [4.78, 5) is 0. The Morgan fingerprint density at radius 3 is 1.72 bits per heavy atom. The smallest absolute Gasteiger partial charge is 0.0433 e. The Balaban J connectivity index is 1.14. The Hall–Kier alpha value is -6.06. The standard InChI is InChI=1S/C51H32S2/c1-2-31(35-19-11-21-43-40-16-7-9-23-47(40)52-50(35)43)25-26-32-29-45-38-15-5-4-14-37(38)39-28-27-33(30-46(39)49(45)42-18-6-3-13-34(32)42)36-20-12-22-44-41-17-8-10-24-48(41)53-51(36)44/h2-30H,1H3/b26-25-,31-2+. The van der Waals surface area contributed by atoms with Crippen molar-refractivity contribution >= 4 is 118 Å². The molecule has 0 saturated heterocycles. The molecule has 0 spiro atoms. The van der Waals surface area contributed by atoms with Gasteiger partial charge < -0.3 is 0 Å². The molecule has 11 rings (SSSR count). The molecule has 0 unspecified atom stereocenters. The van der Waals surface area contributed by atoms with Crippen molar-refractivity contribution in [3.8, 4) is 11.1 Å². The van der Waals surface area contributed by atoms with Crippen LogP contribution in [0, 0.1) is 0 Å². The van der Waals surface area contributed by atoms with E-state index in [9.17, 15) is 0 Å². The molecule has 0 aliphatic carbocycles. The van der Waals surface area contributed by atoms with E-state index in [2.05, 4.69) is 183 Å². The highest BCUT2D eigenvalue weighted by Gasteiger charge is 2.17. The first-order valence-electron chi connectivity index (χ1n) is 18.2. The minimum Gasteiger partial charge on any atom is -0.135 e. The van der Waals surface area contributed by atoms with Crippen LogP contribution in [0.1, 0.15) is 18.1 Å². The second-order valence-corrected chi connectivity index (χ2v) is 16.0. The third kappa shape index (κ3) is 4.66. The number of rotatable bonds is 4. The second-order valence-electron chi connectivity index (χ2n) is 13.9. The molecule has 9 aromatic carbocycles. The number of benzene rings is 9. The molecule has 0 nitrogen and oxygen atoms in total. The lowest BCUT2D eigenvalue weighted by atomic mass is 9.87. The van der Waals surface area contributed by atoms with E-state index in [1.54, 1.807) is 0 Å². The number of allylic oxidation sites excluding steroid dienone is 3. The lowest BCUT2D eigenvalue weighted by Crippen LogP contribution is -1.89. The zero-order valence-corrected chi connectivity index (χ0v) is 30.7. The first kappa shape index (κ1) is 30.6. The fourth-order valence-electron chi connectivity index (χ4n) is 8.62. The van der Waals surface area contributed by atoms with E-state index in [0.29, 0.717) is 0 Å². The third-order valence-electron chi connectivity index (χ3n) is 11.1. The average Bonchev–Trinajstić information content (AvgIpc) is 3.80. The minimum atomic E-state index is 1.23. The molecule has 0 bridgehead atoms. The highest BCUT2D eigenvalue weighted by atomic mass is 32.1. The van der Waals surface area contributed by atoms with Crippen molar-refractivity contribution in [1.82, 2.24) is 0 Å². The van der Waals surface area contributed by atoms with Gasteiger partial charge in [-0.15, -0.1) is 22.7 Å². The summed E-state index contributed by atoms with van der Waals surface area (Å²) >= 11 is 3.78. The van der Waals surface area contributed by atoms with Crippen LogP contribution in [-0.4, -0.2) is 0 Å². The summed E-state index contributed by atoms with van der Waals surface area (Å²) in [5.74, 6) is 0. The predicted molar refractivity (Wildman–Crippen MR) is 237 cm³/mol. The van der Waals surface area contributed by atoms with E-state index < -0.39 is 0 Å². The summed E-state index contributed by atoms with van der Waals surface area (Å²) in [6.45, 7) is 2.15. The fourth-order valence-corrected chi connectivity index (χ4v) is 11.1. The number of fused-ring (bicyclic) bond motifs is 14. The van der Waals surface area contributed by atoms with Crippen molar-refractivity contribution in [2.24, 2.45) is 0 Å². The van der Waals surface area contributed by atoms with Gasteiger partial charge in [0.25, 0.3) is 0 Å². The van der Waals surface area contributed by atoms with E-state index in [1.165, 1.54) is 111 Å². The summed E-state index contributed by atoms with van der Waals surface area (Å²) < 4.78 is 5.36. The van der Waals surface area contributed by atoms with Gasteiger partial charge in [0.05, 0.1) is 0 Å². The van der Waals surface area contributed by atoms with Crippen LogP contribution in [0.2, 0.25) is 0 Å². The molecular formula is C51H32S2. The Morgan fingerprint density at radius 1 is 0.434 bits per heavy atom. The SMILES string of the molecule is C/C=C(\C=C/c1cc2c3ccccc3c3ccc(-c4cccc5c4sc4ccccc45)cc3c2c2ccccc12)c1cccc2c1sc1ccccc12. The van der Waals surface area contributed by atoms with Crippen molar-refractivity contribution in [2.75, 3.05) is 0 Å². The van der Waals surface area contributed by atoms with Crippen molar-refractivity contribution in [3.63, 3.8) is 0 Å². The lowest BCUT2D eigenvalue weighted by molar-refractivity contribution is 1.68. The van der Waals surface area contributed by atoms with Gasteiger partial charge in [-0.05, 0) is 102 Å². The van der Waals surface area contributed by atoms with Gasteiger partial charge in [-0.3, -0.25) is 0 Å². The highest BCUT2D eigenvalue weighted by molar-refractivity contribution is 7.26. The zero-order chi connectivity index (χ0) is 35.0. The lowest BCUT2D eigenvalue weighted by Gasteiger charge is -2.16. The van der Waals surface area contributed by atoms with Crippen LogP contribution in [0.5, 0.6) is 0 Å². The van der Waals surface area contributed by atoms with Gasteiger partial charge in [0, 0.05) is 40.3 Å². The fraction of sp³-hybridized carbons (Fsp3) is 0.0196. The van der Waals surface area contributed by atoms with Gasteiger partial charge in [-0.2, -0.15) is 0 Å². The summed E-state index contributed by atoms with van der Waals surface area (Å²) in [5, 5.41) is 15.6. The van der Waals surface area contributed by atoms with Crippen molar-refractivity contribution in [3.05, 3.63) is 181 Å². The van der Waals surface area contributed by atoms with Crippen LogP contribution in [0.25, 0.3) is 106 Å². The van der Waals surface area contributed by atoms with Crippen LogP contribution in [-0.2, 0) is 0 Å². The molecule has 0 saturated carbocycles. The number of hydrogen-bond donors (Lipinski definition) is 0. The van der Waals surface area contributed by atoms with Crippen LogP contribution in [0.4, 0.5) is 0 Å². The van der Waals surface area contributed by atoms with E-state index in [-0.39, 0.29) is 0 Å². The molecule has 2 heteroatoms. The Kier molecular flexibility index (Phi) is 6.92. The van der Waals surface area contributed by atoms with Gasteiger partial charge >= 0.3 is 0 Å². The molecule has 2 heterocycles. The van der Waals surface area contributed by atoms with Gasteiger partial charge in [0.2, 0.25) is 0 Å². The molecule has 0 N–H and O–H groups in total. The molecule has 0 amide bonds. The van der Waals surface area contributed by atoms with E-state index >= 15 is 0 Å². The van der Waals surface area contributed by atoms with Crippen LogP contribution in [0.15, 0.2) is 170 Å². The molecule has 0 atom stereocenters. The molecule has 248 valence electrons. The third-order valence-corrected chi connectivity index (χ3v) is 13.5. The molecular weight excluding hydrogens is 677 g/mol. The normalized spacial score (nSPS) is 12.7. The summed E-state index contributed by atoms with van der Waals surface area (Å²) in [6, 6.07) is 58.5. The minimum absolute atomic E-state index is 1.23. The number of hydrogen-bond acceptors (Lipinski definition) is 2. The topological polar surface area (TPSA) is 0 Å². The Labute approximate surface area is 315 Å². The summed E-state index contributed by atoms with van der Waals surface area (Å²) in [5.41, 5.74) is 6.29. The largest absolute Gasteiger partial charge is 0.135 e. The van der Waals surface area contributed by atoms with E-state index in [4.69, 9.17) is 0 Å². The summed E-state index contributed by atoms with van der Waals surface area (Å²) in [7, 11) is 0. The zero-order valence-electron chi connectivity index (χ0n) is 29.1. The van der Waals surface area contributed by atoms with Crippen molar-refractivity contribution in [2.45, 2.75) is 6.92 Å². The van der Waals surface area contributed by atoms with Gasteiger partial charge in [0.15, 0.2) is 0 Å². The predicted octanol–water partition coefficient (Wildman–Crippen LogP) is 15.8.